The molecule has 1 aliphatic heterocycles. The van der Waals surface area contributed by atoms with Gasteiger partial charge in [0.05, 0.1) is 0 Å². The van der Waals surface area contributed by atoms with E-state index in [-0.39, 0.29) is 17.0 Å². The van der Waals surface area contributed by atoms with Crippen molar-refractivity contribution in [3.05, 3.63) is 28.3 Å². The lowest BCUT2D eigenvalue weighted by molar-refractivity contribution is 0.467. The van der Waals surface area contributed by atoms with Gasteiger partial charge in [0.1, 0.15) is 5.75 Å². The lowest BCUT2D eigenvalue weighted by Crippen LogP contribution is -2.25. The molecular formula is C11H16BrNO. The van der Waals surface area contributed by atoms with Crippen molar-refractivity contribution in [1.29, 1.82) is 0 Å². The largest absolute Gasteiger partial charge is 0.508 e. The summed E-state index contributed by atoms with van der Waals surface area (Å²) < 4.78 is 0. The number of halogens is 1. The molecule has 1 heterocycles. The van der Waals surface area contributed by atoms with Crippen LogP contribution in [0.15, 0.2) is 6.07 Å². The van der Waals surface area contributed by atoms with Gasteiger partial charge >= 0.3 is 0 Å². The summed E-state index contributed by atoms with van der Waals surface area (Å²) in [6.45, 7) is 6.01. The molecule has 3 heteroatoms. The van der Waals surface area contributed by atoms with Gasteiger partial charge in [0.25, 0.3) is 0 Å². The van der Waals surface area contributed by atoms with Crippen LogP contribution in [0.4, 0.5) is 0 Å². The summed E-state index contributed by atoms with van der Waals surface area (Å²) >= 11 is 0. The van der Waals surface area contributed by atoms with Crippen LogP contribution in [-0.4, -0.2) is 11.7 Å². The van der Waals surface area contributed by atoms with Crippen LogP contribution in [0.2, 0.25) is 0 Å². The van der Waals surface area contributed by atoms with Gasteiger partial charge in [-0.2, -0.15) is 0 Å². The standard InChI is InChI=1S/C11H15NO.BrH/c1-7-5-11(13)8(2)10-6-12-4-3-9(7)10;/h5,12-13H,3-4,6H2,1-2H3;1H. The molecule has 0 bridgehead atoms. The van der Waals surface area contributed by atoms with E-state index in [2.05, 4.69) is 12.2 Å². The summed E-state index contributed by atoms with van der Waals surface area (Å²) in [5.74, 6) is 0.431. The van der Waals surface area contributed by atoms with Gasteiger partial charge in [-0.05, 0) is 55.1 Å². The summed E-state index contributed by atoms with van der Waals surface area (Å²) in [7, 11) is 0. The third kappa shape index (κ3) is 1.79. The predicted octanol–water partition coefficient (Wildman–Crippen LogP) is 2.23. The third-order valence-electron chi connectivity index (χ3n) is 2.88. The topological polar surface area (TPSA) is 32.3 Å². The number of hydrogen-bond donors (Lipinski definition) is 2. The highest BCUT2D eigenvalue weighted by atomic mass is 79.9. The average molecular weight is 258 g/mol. The maximum atomic E-state index is 9.63. The van der Waals surface area contributed by atoms with E-state index in [4.69, 9.17) is 0 Å². The number of fused-ring (bicyclic) bond motifs is 1. The van der Waals surface area contributed by atoms with Crippen molar-refractivity contribution < 1.29 is 5.11 Å². The SMILES string of the molecule is Br.Cc1cc(O)c(C)c2c1CCNC2. The Hall–Kier alpha value is -0.540. The molecule has 0 aliphatic carbocycles. The van der Waals surface area contributed by atoms with Gasteiger partial charge in [-0.25, -0.2) is 0 Å². The minimum absolute atomic E-state index is 0. The fourth-order valence-corrected chi connectivity index (χ4v) is 2.03. The number of benzene rings is 1. The molecule has 0 saturated heterocycles. The Labute approximate surface area is 95.1 Å². The molecule has 0 unspecified atom stereocenters. The Kier molecular flexibility index (Phi) is 3.56. The number of rotatable bonds is 0. The second-order valence-electron chi connectivity index (χ2n) is 3.72. The van der Waals surface area contributed by atoms with Crippen LogP contribution >= 0.6 is 17.0 Å². The van der Waals surface area contributed by atoms with Crippen LogP contribution in [0.25, 0.3) is 0 Å². The van der Waals surface area contributed by atoms with Crippen LogP contribution in [0.1, 0.15) is 22.3 Å². The Bertz CT molecular complexity index is 350. The van der Waals surface area contributed by atoms with Crippen molar-refractivity contribution >= 4 is 17.0 Å². The summed E-state index contributed by atoms with van der Waals surface area (Å²) in [4.78, 5) is 0. The first-order valence-corrected chi connectivity index (χ1v) is 4.72. The van der Waals surface area contributed by atoms with Crippen molar-refractivity contribution in [2.24, 2.45) is 0 Å². The number of hydrogen-bond acceptors (Lipinski definition) is 2. The molecule has 78 valence electrons. The minimum atomic E-state index is 0. The van der Waals surface area contributed by atoms with Crippen molar-refractivity contribution in [2.45, 2.75) is 26.8 Å². The quantitative estimate of drug-likeness (QED) is 0.748. The first-order chi connectivity index (χ1) is 6.20. The van der Waals surface area contributed by atoms with Gasteiger partial charge < -0.3 is 10.4 Å². The molecule has 0 amide bonds. The fraction of sp³-hybridized carbons (Fsp3) is 0.455. The van der Waals surface area contributed by atoms with Gasteiger partial charge in [-0.1, -0.05) is 0 Å². The Balaban J connectivity index is 0.000000980. The second-order valence-corrected chi connectivity index (χ2v) is 3.72. The molecular weight excluding hydrogens is 242 g/mol. The van der Waals surface area contributed by atoms with E-state index in [1.54, 1.807) is 0 Å². The van der Waals surface area contributed by atoms with Gasteiger partial charge in [0.2, 0.25) is 0 Å². The van der Waals surface area contributed by atoms with E-state index in [0.29, 0.717) is 5.75 Å². The highest BCUT2D eigenvalue weighted by molar-refractivity contribution is 8.93. The van der Waals surface area contributed by atoms with E-state index < -0.39 is 0 Å². The number of aromatic hydroxyl groups is 1. The molecule has 2 nitrogen and oxygen atoms in total. The molecule has 0 atom stereocenters. The van der Waals surface area contributed by atoms with E-state index in [0.717, 1.165) is 25.1 Å². The normalized spacial score (nSPS) is 14.4. The zero-order valence-electron chi connectivity index (χ0n) is 8.55. The van der Waals surface area contributed by atoms with E-state index in [9.17, 15) is 5.11 Å². The highest BCUT2D eigenvalue weighted by Crippen LogP contribution is 2.28. The Morgan fingerprint density at radius 1 is 1.29 bits per heavy atom. The monoisotopic (exact) mass is 257 g/mol. The van der Waals surface area contributed by atoms with Gasteiger partial charge in [-0.3, -0.25) is 0 Å². The Morgan fingerprint density at radius 3 is 2.71 bits per heavy atom. The number of phenols is 1. The van der Waals surface area contributed by atoms with Crippen molar-refractivity contribution in [3.8, 4) is 5.75 Å². The molecule has 1 aromatic rings. The second kappa shape index (κ2) is 4.32. The Morgan fingerprint density at radius 2 is 2.00 bits per heavy atom. The van der Waals surface area contributed by atoms with Crippen LogP contribution in [0, 0.1) is 13.8 Å². The summed E-state index contributed by atoms with van der Waals surface area (Å²) in [6, 6.07) is 1.87. The van der Waals surface area contributed by atoms with Crippen LogP contribution in [0.3, 0.4) is 0 Å². The molecule has 14 heavy (non-hydrogen) atoms. The lowest BCUT2D eigenvalue weighted by atomic mass is 9.92. The molecule has 0 saturated carbocycles. The zero-order valence-corrected chi connectivity index (χ0v) is 10.3. The van der Waals surface area contributed by atoms with Crippen LogP contribution in [0.5, 0.6) is 5.75 Å². The number of phenolic OH excluding ortho intramolecular Hbond substituents is 1. The summed E-state index contributed by atoms with van der Waals surface area (Å²) in [5, 5.41) is 13.0. The van der Waals surface area contributed by atoms with E-state index in [1.165, 1.54) is 16.7 Å². The minimum Gasteiger partial charge on any atom is -0.508 e. The highest BCUT2D eigenvalue weighted by Gasteiger charge is 2.15. The smallest absolute Gasteiger partial charge is 0.119 e. The average Bonchev–Trinajstić information content (AvgIpc) is 2.15. The molecule has 2 N–H and O–H groups in total. The van der Waals surface area contributed by atoms with Crippen LogP contribution in [-0.2, 0) is 13.0 Å². The molecule has 2 rings (SSSR count). The molecule has 1 aliphatic rings. The van der Waals surface area contributed by atoms with Crippen molar-refractivity contribution in [3.63, 3.8) is 0 Å². The lowest BCUT2D eigenvalue weighted by Gasteiger charge is -2.22. The maximum Gasteiger partial charge on any atom is 0.119 e. The molecule has 0 aromatic heterocycles. The molecule has 0 spiro atoms. The van der Waals surface area contributed by atoms with Gasteiger partial charge in [0, 0.05) is 6.54 Å². The van der Waals surface area contributed by atoms with Gasteiger partial charge in [0.15, 0.2) is 0 Å². The predicted molar refractivity (Wildman–Crippen MR) is 63.3 cm³/mol. The van der Waals surface area contributed by atoms with Crippen LogP contribution < -0.4 is 5.32 Å². The number of nitrogens with one attached hydrogen (secondary N) is 1. The van der Waals surface area contributed by atoms with Crippen molar-refractivity contribution in [1.82, 2.24) is 5.32 Å². The molecule has 0 fully saturated rings. The molecule has 1 aromatic carbocycles. The van der Waals surface area contributed by atoms with Crippen molar-refractivity contribution in [2.75, 3.05) is 6.54 Å². The van der Waals surface area contributed by atoms with E-state index in [1.807, 2.05) is 13.0 Å². The third-order valence-corrected chi connectivity index (χ3v) is 2.88. The van der Waals surface area contributed by atoms with Gasteiger partial charge in [-0.15, -0.1) is 17.0 Å². The zero-order chi connectivity index (χ0) is 9.42. The summed E-state index contributed by atoms with van der Waals surface area (Å²) in [6.07, 6.45) is 1.09. The number of aryl methyl sites for hydroxylation is 1. The fourth-order valence-electron chi connectivity index (χ4n) is 2.03. The van der Waals surface area contributed by atoms with E-state index >= 15 is 0 Å². The first kappa shape index (κ1) is 11.5. The summed E-state index contributed by atoms with van der Waals surface area (Å²) in [5.41, 5.74) is 4.98. The maximum absolute atomic E-state index is 9.63. The first-order valence-electron chi connectivity index (χ1n) is 4.72. The molecule has 0 radical (unpaired) electrons.